The van der Waals surface area contributed by atoms with Crippen molar-refractivity contribution >= 4 is 21.6 Å². The fourth-order valence-electron chi connectivity index (χ4n) is 1.81. The van der Waals surface area contributed by atoms with Gasteiger partial charge >= 0.3 is 0 Å². The molecule has 0 unspecified atom stereocenters. The lowest BCUT2D eigenvalue weighted by molar-refractivity contribution is 0.394. The van der Waals surface area contributed by atoms with Crippen LogP contribution in [0.5, 0.6) is 5.75 Å². The van der Waals surface area contributed by atoms with Crippen molar-refractivity contribution in [1.29, 1.82) is 0 Å². The van der Waals surface area contributed by atoms with Crippen LogP contribution in [-0.4, -0.2) is 28.1 Å². The lowest BCUT2D eigenvalue weighted by Gasteiger charge is -2.16. The number of halogens is 1. The van der Waals surface area contributed by atoms with E-state index in [9.17, 15) is 8.42 Å². The highest BCUT2D eigenvalue weighted by atomic mass is 35.5. The Morgan fingerprint density at radius 1 is 1.33 bits per heavy atom. The second kappa shape index (κ2) is 7.98. The zero-order valence-corrected chi connectivity index (χ0v) is 14.4. The van der Waals surface area contributed by atoms with Crippen LogP contribution in [0.15, 0.2) is 17.0 Å². The fourth-order valence-corrected chi connectivity index (χ4v) is 3.49. The van der Waals surface area contributed by atoms with Crippen LogP contribution in [0, 0.1) is 0 Å². The van der Waals surface area contributed by atoms with Crippen molar-refractivity contribution in [1.82, 2.24) is 10.0 Å². The van der Waals surface area contributed by atoms with Crippen molar-refractivity contribution < 1.29 is 13.2 Å². The zero-order chi connectivity index (χ0) is 16.0. The molecule has 2 N–H and O–H groups in total. The molecule has 0 bridgehead atoms. The highest BCUT2D eigenvalue weighted by Gasteiger charge is 2.22. The van der Waals surface area contributed by atoms with Gasteiger partial charge in [0.15, 0.2) is 0 Å². The van der Waals surface area contributed by atoms with Gasteiger partial charge in [-0.15, -0.1) is 0 Å². The van der Waals surface area contributed by atoms with Gasteiger partial charge in [-0.25, -0.2) is 13.1 Å². The Kier molecular flexibility index (Phi) is 6.93. The Labute approximate surface area is 132 Å². The van der Waals surface area contributed by atoms with Crippen LogP contribution < -0.4 is 14.8 Å². The highest BCUT2D eigenvalue weighted by molar-refractivity contribution is 7.89. The average molecular weight is 335 g/mol. The number of hydrogen-bond acceptors (Lipinski definition) is 4. The molecule has 0 atom stereocenters. The molecule has 0 spiro atoms. The van der Waals surface area contributed by atoms with Crippen LogP contribution in [0.1, 0.15) is 32.8 Å². The van der Waals surface area contributed by atoms with Gasteiger partial charge in [-0.05, 0) is 18.6 Å². The smallest absolute Gasteiger partial charge is 0.244 e. The topological polar surface area (TPSA) is 67.4 Å². The molecule has 7 heteroatoms. The summed E-state index contributed by atoms with van der Waals surface area (Å²) in [6.07, 6.45) is 0.712. The third-order valence-electron chi connectivity index (χ3n) is 2.83. The maximum Gasteiger partial charge on any atom is 0.244 e. The second-order valence-electron chi connectivity index (χ2n) is 5.03. The summed E-state index contributed by atoms with van der Waals surface area (Å²) < 4.78 is 32.5. The van der Waals surface area contributed by atoms with Crippen LogP contribution >= 0.6 is 11.6 Å². The number of ether oxygens (including phenoxy) is 1. The third-order valence-corrected chi connectivity index (χ3v) is 4.52. The van der Waals surface area contributed by atoms with Crippen molar-refractivity contribution in [3.05, 3.63) is 22.7 Å². The summed E-state index contributed by atoms with van der Waals surface area (Å²) in [4.78, 5) is 0.0755. The van der Waals surface area contributed by atoms with Gasteiger partial charge in [-0.2, -0.15) is 0 Å². The Morgan fingerprint density at radius 3 is 2.52 bits per heavy atom. The SMILES string of the molecule is CCCNS(=O)(=O)c1cc(Cl)cc(CNC(C)C)c1OC. The maximum absolute atomic E-state index is 12.3. The molecular weight excluding hydrogens is 312 g/mol. The summed E-state index contributed by atoms with van der Waals surface area (Å²) in [6.45, 7) is 6.78. The molecule has 5 nitrogen and oxygen atoms in total. The van der Waals surface area contributed by atoms with Gasteiger partial charge in [-0.1, -0.05) is 32.4 Å². The van der Waals surface area contributed by atoms with Crippen molar-refractivity contribution in [2.75, 3.05) is 13.7 Å². The van der Waals surface area contributed by atoms with E-state index in [1.807, 2.05) is 20.8 Å². The summed E-state index contributed by atoms with van der Waals surface area (Å²) in [5.41, 5.74) is 0.718. The van der Waals surface area contributed by atoms with Crippen molar-refractivity contribution in [3.8, 4) is 5.75 Å². The first-order chi connectivity index (χ1) is 9.81. The van der Waals surface area contributed by atoms with Crippen LogP contribution in [0.2, 0.25) is 5.02 Å². The number of nitrogens with one attached hydrogen (secondary N) is 2. The number of benzene rings is 1. The first-order valence-corrected chi connectivity index (χ1v) is 8.77. The highest BCUT2D eigenvalue weighted by Crippen LogP contribution is 2.31. The summed E-state index contributed by atoms with van der Waals surface area (Å²) in [7, 11) is -2.18. The molecule has 0 saturated heterocycles. The molecule has 120 valence electrons. The Bertz CT molecular complexity index is 574. The van der Waals surface area contributed by atoms with E-state index in [0.717, 1.165) is 5.56 Å². The van der Waals surface area contributed by atoms with Gasteiger partial charge in [0.1, 0.15) is 10.6 Å². The standard InChI is InChI=1S/C14H23ClN2O3S/c1-5-6-17-21(18,19)13-8-12(15)7-11(14(13)20-4)9-16-10(2)3/h7-8,10,16-17H,5-6,9H2,1-4H3. The van der Waals surface area contributed by atoms with Gasteiger partial charge in [-0.3, -0.25) is 0 Å². The molecule has 0 fully saturated rings. The number of hydrogen-bond donors (Lipinski definition) is 2. The summed E-state index contributed by atoms with van der Waals surface area (Å²) >= 11 is 6.06. The number of methoxy groups -OCH3 is 1. The Balaban J connectivity index is 3.25. The number of sulfonamides is 1. The third kappa shape index (κ3) is 5.14. The van der Waals surface area contributed by atoms with Gasteiger partial charge in [0.2, 0.25) is 10.0 Å². The molecule has 0 aromatic heterocycles. The van der Waals surface area contributed by atoms with E-state index < -0.39 is 10.0 Å². The van der Waals surface area contributed by atoms with E-state index in [1.165, 1.54) is 13.2 Å². The minimum Gasteiger partial charge on any atom is -0.495 e. The Hall–Kier alpha value is -0.820. The molecule has 0 heterocycles. The van der Waals surface area contributed by atoms with Crippen LogP contribution in [0.3, 0.4) is 0 Å². The molecule has 1 rings (SSSR count). The van der Waals surface area contributed by atoms with Gasteiger partial charge in [0.25, 0.3) is 0 Å². The fraction of sp³-hybridized carbons (Fsp3) is 0.571. The predicted molar refractivity (Wildman–Crippen MR) is 85.5 cm³/mol. The summed E-state index contributed by atoms with van der Waals surface area (Å²) in [6, 6.07) is 3.40. The average Bonchev–Trinajstić information content (AvgIpc) is 2.42. The minimum absolute atomic E-state index is 0.0755. The van der Waals surface area contributed by atoms with Crippen molar-refractivity contribution in [2.45, 2.75) is 44.7 Å². The van der Waals surface area contributed by atoms with Gasteiger partial charge in [0, 0.05) is 29.7 Å². The van der Waals surface area contributed by atoms with E-state index in [0.29, 0.717) is 30.3 Å². The van der Waals surface area contributed by atoms with Crippen molar-refractivity contribution in [3.63, 3.8) is 0 Å². The van der Waals surface area contributed by atoms with Crippen LogP contribution in [0.25, 0.3) is 0 Å². The van der Waals surface area contributed by atoms with E-state index >= 15 is 0 Å². The molecule has 1 aromatic carbocycles. The molecular formula is C14H23ClN2O3S. The van der Waals surface area contributed by atoms with E-state index in [1.54, 1.807) is 6.07 Å². The van der Waals surface area contributed by atoms with E-state index in [2.05, 4.69) is 10.0 Å². The molecule has 0 saturated carbocycles. The maximum atomic E-state index is 12.3. The minimum atomic E-state index is -3.64. The first kappa shape index (κ1) is 18.2. The molecule has 0 aliphatic rings. The summed E-state index contributed by atoms with van der Waals surface area (Å²) in [5.74, 6) is 0.330. The van der Waals surface area contributed by atoms with Crippen LogP contribution in [0.4, 0.5) is 0 Å². The first-order valence-electron chi connectivity index (χ1n) is 6.91. The van der Waals surface area contributed by atoms with Crippen molar-refractivity contribution in [2.24, 2.45) is 0 Å². The molecule has 0 radical (unpaired) electrons. The lowest BCUT2D eigenvalue weighted by atomic mass is 10.2. The number of rotatable bonds is 8. The molecule has 21 heavy (non-hydrogen) atoms. The lowest BCUT2D eigenvalue weighted by Crippen LogP contribution is -2.26. The molecule has 1 aromatic rings. The quantitative estimate of drug-likeness (QED) is 0.766. The van der Waals surface area contributed by atoms with Gasteiger partial charge in [0.05, 0.1) is 7.11 Å². The largest absolute Gasteiger partial charge is 0.495 e. The monoisotopic (exact) mass is 334 g/mol. The zero-order valence-electron chi connectivity index (χ0n) is 12.9. The predicted octanol–water partition coefficient (Wildman–Crippen LogP) is 2.53. The van der Waals surface area contributed by atoms with Crippen LogP contribution in [-0.2, 0) is 16.6 Å². The van der Waals surface area contributed by atoms with E-state index in [4.69, 9.17) is 16.3 Å². The van der Waals surface area contributed by atoms with Gasteiger partial charge < -0.3 is 10.1 Å². The Morgan fingerprint density at radius 2 is 2.00 bits per heavy atom. The van der Waals surface area contributed by atoms with E-state index in [-0.39, 0.29) is 10.9 Å². The molecule has 0 aliphatic carbocycles. The molecule has 0 aliphatic heterocycles. The second-order valence-corrected chi connectivity index (χ2v) is 7.20. The molecule has 0 amide bonds. The normalized spacial score (nSPS) is 11.9. The summed E-state index contributed by atoms with van der Waals surface area (Å²) in [5, 5.41) is 3.60.